The van der Waals surface area contributed by atoms with Gasteiger partial charge in [0.1, 0.15) is 0 Å². The summed E-state index contributed by atoms with van der Waals surface area (Å²) < 4.78 is 0. The molecule has 0 radical (unpaired) electrons. The Hall–Kier alpha value is -0.900. The zero-order valence-electron chi connectivity index (χ0n) is 17.6. The van der Waals surface area contributed by atoms with Crippen molar-refractivity contribution in [2.75, 3.05) is 13.2 Å². The van der Waals surface area contributed by atoms with Crippen molar-refractivity contribution < 1.29 is 10.2 Å². The maximum atomic E-state index is 9.43. The molecular formula is C24H43NO2. The molecule has 0 aromatic heterocycles. The van der Waals surface area contributed by atoms with Crippen LogP contribution in [0.25, 0.3) is 0 Å². The van der Waals surface area contributed by atoms with Crippen molar-refractivity contribution in [3.63, 3.8) is 0 Å². The Labute approximate surface area is 167 Å². The Morgan fingerprint density at radius 3 is 1.67 bits per heavy atom. The Bertz CT molecular complexity index is 460. The van der Waals surface area contributed by atoms with Crippen molar-refractivity contribution in [1.82, 2.24) is 0 Å². The number of hydrogen-bond donors (Lipinski definition) is 3. The number of rotatable bonds is 17. The average Bonchev–Trinajstić information content (AvgIpc) is 2.69. The number of aryl methyl sites for hydroxylation is 2. The predicted octanol–water partition coefficient (Wildman–Crippen LogP) is 5.15. The van der Waals surface area contributed by atoms with E-state index >= 15 is 0 Å². The number of nitrogens with two attached hydrogens (primary N) is 1. The number of benzene rings is 1. The molecule has 0 aliphatic rings. The van der Waals surface area contributed by atoms with Crippen LogP contribution in [-0.2, 0) is 12.8 Å². The normalized spacial score (nSPS) is 13.6. The monoisotopic (exact) mass is 377 g/mol. The van der Waals surface area contributed by atoms with Crippen LogP contribution in [0.1, 0.15) is 95.1 Å². The van der Waals surface area contributed by atoms with Crippen molar-refractivity contribution in [3.8, 4) is 0 Å². The summed E-state index contributed by atoms with van der Waals surface area (Å²) in [6.45, 7) is 2.22. The molecule has 0 aliphatic carbocycles. The van der Waals surface area contributed by atoms with Gasteiger partial charge >= 0.3 is 0 Å². The minimum Gasteiger partial charge on any atom is -0.396 e. The minimum absolute atomic E-state index is 0.0227. The first kappa shape index (κ1) is 24.1. The maximum Gasteiger partial charge on any atom is 0.0612 e. The fraction of sp³-hybridized carbons (Fsp3) is 0.750. The molecule has 4 N–H and O–H groups in total. The number of aliphatic hydroxyl groups is 2. The molecular weight excluding hydrogens is 334 g/mol. The lowest BCUT2D eigenvalue weighted by Crippen LogP contribution is -2.44. The third-order valence-corrected chi connectivity index (χ3v) is 5.68. The van der Waals surface area contributed by atoms with Crippen molar-refractivity contribution in [1.29, 1.82) is 0 Å². The summed E-state index contributed by atoms with van der Waals surface area (Å²) in [5.74, 6) is 0. The van der Waals surface area contributed by atoms with Crippen molar-refractivity contribution in [2.24, 2.45) is 5.73 Å². The second-order valence-electron chi connectivity index (χ2n) is 8.24. The van der Waals surface area contributed by atoms with Crippen LogP contribution >= 0.6 is 0 Å². The summed E-state index contributed by atoms with van der Waals surface area (Å²) >= 11 is 0. The molecule has 1 unspecified atom stereocenters. The Balaban J connectivity index is 2.12. The lowest BCUT2D eigenvalue weighted by Gasteiger charge is -2.26. The summed E-state index contributed by atoms with van der Waals surface area (Å²) in [6, 6.07) is 8.82. The largest absolute Gasteiger partial charge is 0.396 e. The summed E-state index contributed by atoms with van der Waals surface area (Å²) in [5, 5.41) is 18.5. The van der Waals surface area contributed by atoms with E-state index in [9.17, 15) is 5.11 Å². The number of hydrogen-bond acceptors (Lipinski definition) is 3. The van der Waals surface area contributed by atoms with Crippen molar-refractivity contribution >= 4 is 0 Å². The third kappa shape index (κ3) is 11.5. The van der Waals surface area contributed by atoms with Gasteiger partial charge in [-0.15, -0.1) is 0 Å². The standard InChI is InChI=1S/C24H43NO2/c1-2-3-4-5-6-7-8-9-10-11-12-22-13-15-23(16-14-22)17-18-24(25,21-27)19-20-26/h13-16,26-27H,2-12,17-21,25H2,1H3. The van der Waals surface area contributed by atoms with Crippen LogP contribution in [0, 0.1) is 0 Å². The lowest BCUT2D eigenvalue weighted by atomic mass is 9.90. The Morgan fingerprint density at radius 1 is 0.704 bits per heavy atom. The van der Waals surface area contributed by atoms with Gasteiger partial charge in [-0.2, -0.15) is 0 Å². The van der Waals surface area contributed by atoms with Gasteiger partial charge in [0, 0.05) is 12.1 Å². The molecule has 3 nitrogen and oxygen atoms in total. The molecule has 1 atom stereocenters. The van der Waals surface area contributed by atoms with Crippen LogP contribution in [0.5, 0.6) is 0 Å². The van der Waals surface area contributed by atoms with E-state index in [4.69, 9.17) is 10.8 Å². The molecule has 156 valence electrons. The van der Waals surface area contributed by atoms with Crippen LogP contribution in [0.3, 0.4) is 0 Å². The highest BCUT2D eigenvalue weighted by Crippen LogP contribution is 2.17. The molecule has 27 heavy (non-hydrogen) atoms. The molecule has 0 saturated carbocycles. The van der Waals surface area contributed by atoms with Crippen LogP contribution in [0.2, 0.25) is 0 Å². The van der Waals surface area contributed by atoms with Gasteiger partial charge in [-0.3, -0.25) is 0 Å². The maximum absolute atomic E-state index is 9.43. The smallest absolute Gasteiger partial charge is 0.0612 e. The third-order valence-electron chi connectivity index (χ3n) is 5.68. The summed E-state index contributed by atoms with van der Waals surface area (Å²) in [6.07, 6.45) is 16.9. The second-order valence-corrected chi connectivity index (χ2v) is 8.24. The first-order valence-electron chi connectivity index (χ1n) is 11.2. The summed E-state index contributed by atoms with van der Waals surface area (Å²) in [5.41, 5.74) is 8.12. The predicted molar refractivity (Wildman–Crippen MR) is 116 cm³/mol. The average molecular weight is 378 g/mol. The van der Waals surface area contributed by atoms with Crippen molar-refractivity contribution in [2.45, 2.75) is 102 Å². The highest BCUT2D eigenvalue weighted by Gasteiger charge is 2.22. The van der Waals surface area contributed by atoms with E-state index in [1.54, 1.807) is 0 Å². The summed E-state index contributed by atoms with van der Waals surface area (Å²) in [4.78, 5) is 0. The van der Waals surface area contributed by atoms with E-state index in [0.29, 0.717) is 12.8 Å². The molecule has 1 rings (SSSR count). The van der Waals surface area contributed by atoms with E-state index in [1.165, 1.54) is 81.8 Å². The number of unbranched alkanes of at least 4 members (excludes halogenated alkanes) is 9. The first-order chi connectivity index (χ1) is 13.1. The molecule has 0 fully saturated rings. The molecule has 1 aromatic carbocycles. The van der Waals surface area contributed by atoms with Crippen molar-refractivity contribution in [3.05, 3.63) is 35.4 Å². The number of aliphatic hydroxyl groups excluding tert-OH is 2. The fourth-order valence-electron chi connectivity index (χ4n) is 3.59. The van der Waals surface area contributed by atoms with E-state index in [1.807, 2.05) is 0 Å². The van der Waals surface area contributed by atoms with Crippen LogP contribution < -0.4 is 5.73 Å². The quantitative estimate of drug-likeness (QED) is 0.329. The van der Waals surface area contributed by atoms with Gasteiger partial charge in [-0.1, -0.05) is 89.0 Å². The van der Waals surface area contributed by atoms with Gasteiger partial charge in [0.05, 0.1) is 6.61 Å². The molecule has 1 aromatic rings. The molecule has 0 saturated heterocycles. The zero-order chi connectivity index (χ0) is 19.8. The first-order valence-corrected chi connectivity index (χ1v) is 11.2. The molecule has 0 bridgehead atoms. The van der Waals surface area contributed by atoms with Gasteiger partial charge in [0.15, 0.2) is 0 Å². The molecule has 3 heteroatoms. The van der Waals surface area contributed by atoms with Gasteiger partial charge in [-0.05, 0) is 43.2 Å². The Kier molecular flexibility index (Phi) is 13.5. The second kappa shape index (κ2) is 15.1. The van der Waals surface area contributed by atoms with E-state index in [0.717, 1.165) is 6.42 Å². The highest BCUT2D eigenvalue weighted by atomic mass is 16.3. The van der Waals surface area contributed by atoms with E-state index in [-0.39, 0.29) is 13.2 Å². The summed E-state index contributed by atoms with van der Waals surface area (Å²) in [7, 11) is 0. The zero-order valence-corrected chi connectivity index (χ0v) is 17.6. The molecule has 0 spiro atoms. The SMILES string of the molecule is CCCCCCCCCCCCc1ccc(CCC(N)(CO)CCO)cc1. The van der Waals surface area contributed by atoms with Crippen LogP contribution in [0.15, 0.2) is 24.3 Å². The fourth-order valence-corrected chi connectivity index (χ4v) is 3.59. The van der Waals surface area contributed by atoms with Crippen LogP contribution in [-0.4, -0.2) is 29.0 Å². The molecule has 0 heterocycles. The van der Waals surface area contributed by atoms with Gasteiger partial charge in [0.25, 0.3) is 0 Å². The van der Waals surface area contributed by atoms with Gasteiger partial charge in [-0.25, -0.2) is 0 Å². The highest BCUT2D eigenvalue weighted by molar-refractivity contribution is 5.23. The Morgan fingerprint density at radius 2 is 1.19 bits per heavy atom. The van der Waals surface area contributed by atoms with Gasteiger partial charge < -0.3 is 15.9 Å². The minimum atomic E-state index is -0.663. The van der Waals surface area contributed by atoms with Crippen LogP contribution in [0.4, 0.5) is 0 Å². The topological polar surface area (TPSA) is 66.5 Å². The molecule has 0 aliphatic heterocycles. The lowest BCUT2D eigenvalue weighted by molar-refractivity contribution is 0.149. The van der Waals surface area contributed by atoms with Gasteiger partial charge in [0.2, 0.25) is 0 Å². The van der Waals surface area contributed by atoms with E-state index < -0.39 is 5.54 Å². The van der Waals surface area contributed by atoms with E-state index in [2.05, 4.69) is 31.2 Å². The molecule has 0 amide bonds.